The van der Waals surface area contributed by atoms with Crippen LogP contribution in [-0.2, 0) is 28.3 Å². The van der Waals surface area contributed by atoms with Crippen LogP contribution in [0.15, 0.2) is 38.7 Å². The Balaban J connectivity index is 1.85. The van der Waals surface area contributed by atoms with Crippen LogP contribution in [0.4, 0.5) is 21.8 Å². The van der Waals surface area contributed by atoms with Gasteiger partial charge in [-0.3, -0.25) is 0 Å². The molecular formula is C17H18BrFN8O6S. The maximum absolute atomic E-state index is 13.6. The molecule has 0 atom stereocenters. The number of hydrogen-bond donors (Lipinski definition) is 2. The first-order valence-corrected chi connectivity index (χ1v) is 12.2. The summed E-state index contributed by atoms with van der Waals surface area (Å²) in [6, 6.07) is 4.09. The van der Waals surface area contributed by atoms with E-state index >= 15 is 0 Å². The molecule has 0 fully saturated rings. The number of sulfone groups is 1. The van der Waals surface area contributed by atoms with E-state index in [-0.39, 0.29) is 46.7 Å². The van der Waals surface area contributed by atoms with Crippen LogP contribution >= 0.6 is 15.9 Å². The fourth-order valence-corrected chi connectivity index (χ4v) is 3.40. The second-order valence-electron chi connectivity index (χ2n) is 6.85. The summed E-state index contributed by atoms with van der Waals surface area (Å²) in [5, 5.41) is 28.1. The van der Waals surface area contributed by atoms with Crippen LogP contribution in [0.2, 0.25) is 0 Å². The maximum atomic E-state index is 13.6. The predicted molar refractivity (Wildman–Crippen MR) is 121 cm³/mol. The maximum Gasteiger partial charge on any atom is 0.434 e. The first-order valence-electron chi connectivity index (χ1n) is 9.36. The third-order valence-electron chi connectivity index (χ3n) is 4.25. The van der Waals surface area contributed by atoms with Crippen LogP contribution in [-0.4, -0.2) is 57.6 Å². The molecule has 0 saturated carbocycles. The highest BCUT2D eigenvalue weighted by atomic mass is 79.9. The van der Waals surface area contributed by atoms with E-state index < -0.39 is 20.6 Å². The molecule has 3 rings (SSSR count). The molecule has 0 saturated heterocycles. The van der Waals surface area contributed by atoms with Gasteiger partial charge in [-0.15, -0.1) is 0 Å². The average molecular weight is 561 g/mol. The van der Waals surface area contributed by atoms with Crippen molar-refractivity contribution in [3.63, 3.8) is 0 Å². The molecular weight excluding hydrogens is 543 g/mol. The van der Waals surface area contributed by atoms with Gasteiger partial charge < -0.3 is 25.6 Å². The lowest BCUT2D eigenvalue weighted by Crippen LogP contribution is -2.19. The summed E-state index contributed by atoms with van der Waals surface area (Å²) < 4.78 is 42.6. The zero-order valence-corrected chi connectivity index (χ0v) is 20.1. The van der Waals surface area contributed by atoms with Gasteiger partial charge >= 0.3 is 5.95 Å². The van der Waals surface area contributed by atoms with Crippen LogP contribution < -0.4 is 10.6 Å². The minimum atomic E-state index is -3.23. The Hall–Kier alpha value is -3.60. The summed E-state index contributed by atoms with van der Waals surface area (Å²) in [4.78, 5) is 19.4. The highest BCUT2D eigenvalue weighted by Crippen LogP contribution is 2.22. The van der Waals surface area contributed by atoms with Crippen LogP contribution in [0, 0.1) is 15.9 Å². The number of anilines is 2. The third-order valence-corrected chi connectivity index (χ3v) is 5.81. The van der Waals surface area contributed by atoms with Crippen molar-refractivity contribution in [3.05, 3.63) is 56.2 Å². The molecule has 17 heteroatoms. The Morgan fingerprint density at radius 1 is 1.41 bits per heavy atom. The quantitative estimate of drug-likeness (QED) is 0.160. The fourth-order valence-electron chi connectivity index (χ4n) is 2.55. The summed E-state index contributed by atoms with van der Waals surface area (Å²) in [5.41, 5.74) is 0.811. The summed E-state index contributed by atoms with van der Waals surface area (Å²) in [5.74, 6) is -0.950. The molecule has 34 heavy (non-hydrogen) atoms. The van der Waals surface area contributed by atoms with Crippen LogP contribution in [0.3, 0.4) is 0 Å². The monoisotopic (exact) mass is 560 g/mol. The lowest BCUT2D eigenvalue weighted by molar-refractivity contribution is -0.396. The van der Waals surface area contributed by atoms with Crippen molar-refractivity contribution in [2.75, 3.05) is 29.2 Å². The molecule has 0 radical (unpaired) electrons. The number of nitrogens with one attached hydrogen (secondary N) is 2. The number of hydrogen-bond acceptors (Lipinski definition) is 11. The molecule has 0 bridgehead atoms. The number of imidazole rings is 1. The van der Waals surface area contributed by atoms with Gasteiger partial charge in [0.15, 0.2) is 18.0 Å². The Morgan fingerprint density at radius 3 is 2.82 bits per heavy atom. The second kappa shape index (κ2) is 10.6. The number of oxime groups is 1. The summed E-state index contributed by atoms with van der Waals surface area (Å²) in [6.07, 6.45) is 2.36. The molecule has 2 N–H and O–H groups in total. The minimum absolute atomic E-state index is 0.0155. The third kappa shape index (κ3) is 6.47. The minimum Gasteiger partial charge on any atom is -0.390 e. The zero-order valence-electron chi connectivity index (χ0n) is 17.7. The highest BCUT2D eigenvalue weighted by Gasteiger charge is 2.20. The number of benzene rings is 1. The lowest BCUT2D eigenvalue weighted by atomic mass is 10.3. The van der Waals surface area contributed by atoms with Gasteiger partial charge in [-0.1, -0.05) is 10.1 Å². The normalized spacial score (nSPS) is 11.9. The van der Waals surface area contributed by atoms with Gasteiger partial charge in [0.25, 0.3) is 0 Å². The van der Waals surface area contributed by atoms with Gasteiger partial charge in [-0.05, 0) is 49.4 Å². The molecule has 0 spiro atoms. The molecule has 3 aromatic rings. The number of aromatic nitrogens is 4. The molecule has 182 valence electrons. The number of nitro groups is 1. The van der Waals surface area contributed by atoms with Crippen LogP contribution in [0.25, 0.3) is 0 Å². The fraction of sp³-hybridized carbons (Fsp3) is 0.294. The Labute approximate surface area is 200 Å². The van der Waals surface area contributed by atoms with E-state index in [1.165, 1.54) is 36.0 Å². The van der Waals surface area contributed by atoms with Crippen molar-refractivity contribution in [1.29, 1.82) is 0 Å². The van der Waals surface area contributed by atoms with Crippen LogP contribution in [0.1, 0.15) is 11.4 Å². The van der Waals surface area contributed by atoms with E-state index in [4.69, 9.17) is 9.47 Å². The second-order valence-corrected chi connectivity index (χ2v) is 9.97. The number of amidine groups is 1. The Kier molecular flexibility index (Phi) is 7.77. The van der Waals surface area contributed by atoms with E-state index in [1.807, 2.05) is 0 Å². The van der Waals surface area contributed by atoms with Crippen LogP contribution in [0.5, 0.6) is 0 Å². The van der Waals surface area contributed by atoms with Gasteiger partial charge in [0, 0.05) is 18.5 Å². The summed E-state index contributed by atoms with van der Waals surface area (Å²) in [7, 11) is -1.78. The Morgan fingerprint density at radius 2 is 2.18 bits per heavy atom. The topological polar surface area (TPSA) is 180 Å². The number of halogens is 2. The van der Waals surface area contributed by atoms with Gasteiger partial charge in [0.2, 0.25) is 11.7 Å². The molecule has 0 aliphatic heterocycles. The Bertz CT molecular complexity index is 1330. The lowest BCUT2D eigenvalue weighted by Gasteiger charge is -2.10. The molecule has 2 heterocycles. The number of rotatable bonds is 10. The SMILES string of the molecule is Cn1c(CO/N=C(\Nc2ccc(F)c(Br)c2)c2nonc2NCCS(C)(=O)=O)cnc1[N+](=O)[O-]. The first-order chi connectivity index (χ1) is 16.0. The molecule has 1 aromatic carbocycles. The summed E-state index contributed by atoms with van der Waals surface area (Å²) >= 11 is 3.09. The smallest absolute Gasteiger partial charge is 0.390 e. The zero-order chi connectivity index (χ0) is 24.9. The first kappa shape index (κ1) is 25.0. The average Bonchev–Trinajstić information content (AvgIpc) is 3.36. The van der Waals surface area contributed by atoms with Gasteiger partial charge in [0.05, 0.1) is 17.3 Å². The van der Waals surface area contributed by atoms with Gasteiger partial charge in [0.1, 0.15) is 21.9 Å². The van der Waals surface area contributed by atoms with Crippen molar-refractivity contribution in [1.82, 2.24) is 19.9 Å². The molecule has 14 nitrogen and oxygen atoms in total. The van der Waals surface area contributed by atoms with Gasteiger partial charge in [-0.25, -0.2) is 22.0 Å². The van der Waals surface area contributed by atoms with E-state index in [9.17, 15) is 22.9 Å². The molecule has 0 aliphatic carbocycles. The highest BCUT2D eigenvalue weighted by molar-refractivity contribution is 9.10. The van der Waals surface area contributed by atoms with Crippen molar-refractivity contribution in [2.45, 2.75) is 6.61 Å². The largest absolute Gasteiger partial charge is 0.434 e. The standard InChI is InChI=1S/C17H18BrFN8O6S/c1-26-11(8-21-17(26)27(28)29)9-32-24-16(22-10-3-4-13(19)12(18)7-10)14-15(25-33-23-14)20-5-6-34(2,30)31/h3-4,7-8H,5-6,9H2,1-2H3,(H,20,25)(H,22,24). The van der Waals surface area contributed by atoms with Crippen molar-refractivity contribution in [2.24, 2.45) is 12.2 Å². The molecule has 0 aliphatic rings. The summed E-state index contributed by atoms with van der Waals surface area (Å²) in [6.45, 7) is -0.160. The van der Waals surface area contributed by atoms with Crippen molar-refractivity contribution >= 4 is 49.1 Å². The van der Waals surface area contributed by atoms with E-state index in [2.05, 4.69) is 47.0 Å². The van der Waals surface area contributed by atoms with Crippen molar-refractivity contribution in [3.8, 4) is 0 Å². The predicted octanol–water partition coefficient (Wildman–Crippen LogP) is 2.06. The molecule has 0 amide bonds. The van der Waals surface area contributed by atoms with E-state index in [0.29, 0.717) is 11.4 Å². The molecule has 0 unspecified atom stereocenters. The van der Waals surface area contributed by atoms with Gasteiger partial charge in [-0.2, -0.15) is 0 Å². The number of nitrogens with zero attached hydrogens (tertiary/aromatic N) is 6. The van der Waals surface area contributed by atoms with E-state index in [1.54, 1.807) is 0 Å². The van der Waals surface area contributed by atoms with E-state index in [0.717, 1.165) is 6.26 Å². The van der Waals surface area contributed by atoms with Crippen molar-refractivity contribution < 1.29 is 27.2 Å². The molecule has 2 aromatic heterocycles.